The zero-order chi connectivity index (χ0) is 39.1. The van der Waals surface area contributed by atoms with Crippen molar-refractivity contribution < 1.29 is 35.8 Å². The number of hydrogen-bond donors (Lipinski definition) is 0. The Morgan fingerprint density at radius 1 is 0.286 bits per heavy atom. The van der Waals surface area contributed by atoms with E-state index in [0.29, 0.717) is 46.0 Å². The fourth-order valence-electron chi connectivity index (χ4n) is 5.38. The molecule has 8 nitrogen and oxygen atoms in total. The minimum absolute atomic E-state index is 0.109. The van der Waals surface area contributed by atoms with Gasteiger partial charge < -0.3 is 18.9 Å². The Bertz CT molecular complexity index is 2570. The third-order valence-corrected chi connectivity index (χ3v) is 11.9. The molecular formula is C46H30O8S2. The maximum absolute atomic E-state index is 13.3. The average Bonchev–Trinajstić information content (AvgIpc) is 3.23. The molecular weight excluding hydrogens is 745 g/mol. The van der Waals surface area contributed by atoms with E-state index in [2.05, 4.69) is 11.8 Å². The molecule has 0 saturated heterocycles. The Morgan fingerprint density at radius 3 is 0.625 bits per heavy atom. The van der Waals surface area contributed by atoms with Gasteiger partial charge in [-0.05, 0) is 170 Å². The molecule has 0 aliphatic carbocycles. The van der Waals surface area contributed by atoms with Crippen molar-refractivity contribution in [2.24, 2.45) is 0 Å². The third-order valence-electron chi connectivity index (χ3n) is 8.34. The lowest BCUT2D eigenvalue weighted by Gasteiger charge is -2.11. The zero-order valence-electron chi connectivity index (χ0n) is 29.4. The maximum atomic E-state index is 13.3. The topological polar surface area (TPSA) is 105 Å². The van der Waals surface area contributed by atoms with Crippen molar-refractivity contribution in [2.75, 3.05) is 0 Å². The van der Waals surface area contributed by atoms with Gasteiger partial charge in [-0.15, -0.1) is 12.8 Å². The van der Waals surface area contributed by atoms with Crippen LogP contribution in [0.3, 0.4) is 0 Å². The molecule has 0 fully saturated rings. The number of hydrogen-bond acceptors (Lipinski definition) is 8. The lowest BCUT2D eigenvalue weighted by molar-refractivity contribution is 0.469. The van der Waals surface area contributed by atoms with Gasteiger partial charge in [0.1, 0.15) is 46.0 Å². The standard InChI is InChI=1S/C46H30O8S2/c1-3-33-5-9-35(10-6-33)51-39-17-25-43(26-18-39)55(47,48)45-29-21-41(22-30-45)53-37-13-15-38(16-14-37)54-42-23-31-46(32-24-42)56(49,50)44-27-19-40(20-28-44)52-36-11-7-34(4-2)8-12-36/h1-2,5-32H. The SMILES string of the molecule is C#Cc1ccc(Oc2ccc(S(=O)(=O)c3ccc(Oc4ccc(Oc5ccc(S(=O)(=O)c6ccc(Oc7ccc(C#C)cc7)cc6)cc5)cc4)cc3)cc2)cc1. The molecule has 0 N–H and O–H groups in total. The Morgan fingerprint density at radius 2 is 0.446 bits per heavy atom. The lowest BCUT2D eigenvalue weighted by atomic mass is 10.2. The molecule has 7 aromatic rings. The van der Waals surface area contributed by atoms with Gasteiger partial charge in [0.05, 0.1) is 19.6 Å². The largest absolute Gasteiger partial charge is 0.457 e. The molecule has 0 aliphatic rings. The van der Waals surface area contributed by atoms with Gasteiger partial charge in [-0.2, -0.15) is 0 Å². The highest BCUT2D eigenvalue weighted by Crippen LogP contribution is 2.32. The molecule has 0 saturated carbocycles. The first-order valence-corrected chi connectivity index (χ1v) is 19.9. The van der Waals surface area contributed by atoms with Gasteiger partial charge in [0.2, 0.25) is 19.7 Å². The number of benzene rings is 7. The van der Waals surface area contributed by atoms with Crippen molar-refractivity contribution in [1.29, 1.82) is 0 Å². The first kappa shape index (κ1) is 37.1. The first-order chi connectivity index (χ1) is 27.1. The lowest BCUT2D eigenvalue weighted by Crippen LogP contribution is -2.02. The molecule has 0 aliphatic heterocycles. The second kappa shape index (κ2) is 16.0. The minimum atomic E-state index is -3.79. The summed E-state index contributed by atoms with van der Waals surface area (Å²) >= 11 is 0. The van der Waals surface area contributed by atoms with Crippen LogP contribution in [-0.2, 0) is 19.7 Å². The van der Waals surface area contributed by atoms with Crippen LogP contribution >= 0.6 is 0 Å². The van der Waals surface area contributed by atoms with Gasteiger partial charge in [-0.25, -0.2) is 16.8 Å². The van der Waals surface area contributed by atoms with Crippen LogP contribution < -0.4 is 18.9 Å². The fraction of sp³-hybridized carbons (Fsp3) is 0. The highest BCUT2D eigenvalue weighted by Gasteiger charge is 2.19. The average molecular weight is 775 g/mol. The fourth-order valence-corrected chi connectivity index (χ4v) is 7.90. The molecule has 56 heavy (non-hydrogen) atoms. The molecule has 7 rings (SSSR count). The van der Waals surface area contributed by atoms with Crippen molar-refractivity contribution in [3.05, 3.63) is 181 Å². The van der Waals surface area contributed by atoms with Gasteiger partial charge >= 0.3 is 0 Å². The van der Waals surface area contributed by atoms with Crippen LogP contribution in [0.15, 0.2) is 189 Å². The molecule has 0 radical (unpaired) electrons. The molecule has 0 aromatic heterocycles. The van der Waals surface area contributed by atoms with E-state index in [1.165, 1.54) is 48.5 Å². The highest BCUT2D eigenvalue weighted by molar-refractivity contribution is 7.91. The smallest absolute Gasteiger partial charge is 0.206 e. The summed E-state index contributed by atoms with van der Waals surface area (Å²) in [4.78, 5) is 0.457. The van der Waals surface area contributed by atoms with Gasteiger partial charge in [0.15, 0.2) is 0 Å². The predicted molar refractivity (Wildman–Crippen MR) is 212 cm³/mol. The van der Waals surface area contributed by atoms with Crippen LogP contribution in [0.5, 0.6) is 46.0 Å². The quantitative estimate of drug-likeness (QED) is 0.113. The minimum Gasteiger partial charge on any atom is -0.457 e. The summed E-state index contributed by atoms with van der Waals surface area (Å²) in [5.41, 5.74) is 1.46. The van der Waals surface area contributed by atoms with Crippen molar-refractivity contribution in [2.45, 2.75) is 19.6 Å². The zero-order valence-corrected chi connectivity index (χ0v) is 31.0. The molecule has 0 unspecified atom stereocenters. The summed E-state index contributed by atoms with van der Waals surface area (Å²) in [5, 5.41) is 0. The first-order valence-electron chi connectivity index (χ1n) is 16.9. The van der Waals surface area contributed by atoms with Crippen LogP contribution in [0.1, 0.15) is 11.1 Å². The van der Waals surface area contributed by atoms with E-state index in [0.717, 1.165) is 11.1 Å². The van der Waals surface area contributed by atoms with Gasteiger partial charge in [-0.1, -0.05) is 11.8 Å². The molecule has 0 spiro atoms. The molecule has 0 bridgehead atoms. The maximum Gasteiger partial charge on any atom is 0.206 e. The summed E-state index contributed by atoms with van der Waals surface area (Å²) in [6.07, 6.45) is 10.8. The van der Waals surface area contributed by atoms with E-state index < -0.39 is 19.7 Å². The summed E-state index contributed by atoms with van der Waals surface area (Å²) < 4.78 is 76.6. The molecule has 7 aromatic carbocycles. The van der Waals surface area contributed by atoms with Crippen molar-refractivity contribution >= 4 is 19.7 Å². The Labute approximate surface area is 325 Å². The molecule has 0 atom stereocenters. The summed E-state index contributed by atoms with van der Waals surface area (Å²) in [5.74, 6) is 9.08. The Balaban J connectivity index is 0.928. The van der Waals surface area contributed by atoms with Crippen LogP contribution in [0.2, 0.25) is 0 Å². The van der Waals surface area contributed by atoms with E-state index in [-0.39, 0.29) is 19.6 Å². The van der Waals surface area contributed by atoms with Crippen LogP contribution in [0, 0.1) is 24.7 Å². The second-order valence-electron chi connectivity index (χ2n) is 12.1. The van der Waals surface area contributed by atoms with Gasteiger partial charge in [-0.3, -0.25) is 0 Å². The van der Waals surface area contributed by atoms with Crippen LogP contribution in [-0.4, -0.2) is 16.8 Å². The van der Waals surface area contributed by atoms with Crippen molar-refractivity contribution in [1.82, 2.24) is 0 Å². The van der Waals surface area contributed by atoms with Crippen LogP contribution in [0.25, 0.3) is 0 Å². The number of rotatable bonds is 12. The van der Waals surface area contributed by atoms with E-state index in [9.17, 15) is 16.8 Å². The van der Waals surface area contributed by atoms with E-state index >= 15 is 0 Å². The molecule has 10 heteroatoms. The number of ether oxygens (including phenoxy) is 4. The molecule has 0 amide bonds. The van der Waals surface area contributed by atoms with Gasteiger partial charge in [0, 0.05) is 11.1 Å². The molecule has 0 heterocycles. The van der Waals surface area contributed by atoms with E-state index in [1.54, 1.807) is 121 Å². The monoisotopic (exact) mass is 774 g/mol. The Kier molecular flexibility index (Phi) is 10.6. The highest BCUT2D eigenvalue weighted by atomic mass is 32.2. The normalized spacial score (nSPS) is 11.1. The second-order valence-corrected chi connectivity index (χ2v) is 16.0. The summed E-state index contributed by atoms with van der Waals surface area (Å²) in [6.45, 7) is 0. The van der Waals surface area contributed by atoms with E-state index in [1.807, 2.05) is 0 Å². The number of terminal acetylenes is 2. The molecule has 274 valence electrons. The van der Waals surface area contributed by atoms with E-state index in [4.69, 9.17) is 31.8 Å². The van der Waals surface area contributed by atoms with Crippen LogP contribution in [0.4, 0.5) is 0 Å². The van der Waals surface area contributed by atoms with Gasteiger partial charge in [0.25, 0.3) is 0 Å². The van der Waals surface area contributed by atoms with Crippen molar-refractivity contribution in [3.8, 4) is 70.7 Å². The predicted octanol–water partition coefficient (Wildman–Crippen LogP) is 10.5. The Hall–Kier alpha value is -7.24. The summed E-state index contributed by atoms with van der Waals surface area (Å²) in [7, 11) is -7.59. The number of sulfone groups is 2. The van der Waals surface area contributed by atoms with Crippen molar-refractivity contribution in [3.63, 3.8) is 0 Å². The summed E-state index contributed by atoms with van der Waals surface area (Å²) in [6, 6.07) is 45.4. The third kappa shape index (κ3) is 8.59.